The van der Waals surface area contributed by atoms with Gasteiger partial charge in [-0.15, -0.1) is 0 Å². The molecule has 5 rings (SSSR count). The van der Waals surface area contributed by atoms with Crippen molar-refractivity contribution in [3.63, 3.8) is 0 Å². The number of nitrogens with zero attached hydrogens (tertiary/aromatic N) is 1. The van der Waals surface area contributed by atoms with Crippen molar-refractivity contribution in [2.45, 2.75) is 37.6 Å². The molecule has 2 aromatic carbocycles. The number of benzene rings is 2. The summed E-state index contributed by atoms with van der Waals surface area (Å²) < 4.78 is 40.7. The fraction of sp³-hybridized carbons (Fsp3) is 0.500. The van der Waals surface area contributed by atoms with E-state index in [1.165, 1.54) is 12.3 Å². The Hall–Kier alpha value is -1.84. The molecule has 2 aromatic rings. The molecular formula is C28H33Cl2FN2O4S. The minimum Gasteiger partial charge on any atom is -0.493 e. The number of halogens is 3. The number of hydrogen-bond donors (Lipinski definition) is 1. The first-order valence-electron chi connectivity index (χ1n) is 13.0. The normalized spacial score (nSPS) is 21.4. The van der Waals surface area contributed by atoms with Gasteiger partial charge in [0.15, 0.2) is 0 Å². The van der Waals surface area contributed by atoms with Gasteiger partial charge in [-0.2, -0.15) is 0 Å². The van der Waals surface area contributed by atoms with E-state index in [1.807, 2.05) is 12.1 Å². The Kier molecular flexibility index (Phi) is 8.27. The molecule has 1 saturated carbocycles. The van der Waals surface area contributed by atoms with Crippen LogP contribution in [0, 0.1) is 17.7 Å². The van der Waals surface area contributed by atoms with Gasteiger partial charge in [-0.1, -0.05) is 23.2 Å². The monoisotopic (exact) mass is 582 g/mol. The van der Waals surface area contributed by atoms with Crippen LogP contribution in [0.2, 0.25) is 10.0 Å². The second kappa shape index (κ2) is 11.3. The van der Waals surface area contributed by atoms with Crippen molar-refractivity contribution in [1.82, 2.24) is 9.62 Å². The first-order chi connectivity index (χ1) is 18.1. The zero-order chi connectivity index (χ0) is 27.0. The predicted molar refractivity (Wildman–Crippen MR) is 150 cm³/mol. The highest BCUT2D eigenvalue weighted by Gasteiger charge is 2.36. The Morgan fingerprint density at radius 2 is 1.82 bits per heavy atom. The van der Waals surface area contributed by atoms with Gasteiger partial charge in [0.05, 0.1) is 25.4 Å². The van der Waals surface area contributed by atoms with Crippen LogP contribution < -0.4 is 9.46 Å². The third-order valence-corrected chi connectivity index (χ3v) is 8.58. The lowest BCUT2D eigenvalue weighted by atomic mass is 9.87. The zero-order valence-corrected chi connectivity index (χ0v) is 23.7. The van der Waals surface area contributed by atoms with E-state index in [9.17, 15) is 13.4 Å². The van der Waals surface area contributed by atoms with Gasteiger partial charge < -0.3 is 9.47 Å². The number of piperidine rings is 1. The molecule has 2 saturated heterocycles. The van der Waals surface area contributed by atoms with Gasteiger partial charge in [0, 0.05) is 44.0 Å². The maximum absolute atomic E-state index is 14.9. The number of amides is 1. The summed E-state index contributed by atoms with van der Waals surface area (Å²) in [5.41, 5.74) is 1.83. The Morgan fingerprint density at radius 3 is 2.37 bits per heavy atom. The van der Waals surface area contributed by atoms with E-state index in [0.717, 1.165) is 63.1 Å². The number of rotatable bonds is 9. The Morgan fingerprint density at radius 1 is 1.16 bits per heavy atom. The van der Waals surface area contributed by atoms with E-state index in [-0.39, 0.29) is 17.5 Å². The van der Waals surface area contributed by atoms with Crippen LogP contribution >= 0.6 is 23.2 Å². The summed E-state index contributed by atoms with van der Waals surface area (Å²) in [5.74, 6) is 3.49. The van der Waals surface area contributed by atoms with Crippen molar-refractivity contribution in [2.24, 2.45) is 11.8 Å². The van der Waals surface area contributed by atoms with Crippen molar-refractivity contribution >= 4 is 44.7 Å². The van der Waals surface area contributed by atoms with Gasteiger partial charge in [0.25, 0.3) is 5.91 Å². The minimum absolute atomic E-state index is 0.127. The van der Waals surface area contributed by atoms with Gasteiger partial charge in [-0.3, -0.25) is 14.4 Å². The van der Waals surface area contributed by atoms with Gasteiger partial charge in [-0.05, 0) is 91.9 Å². The molecule has 2 aliphatic heterocycles. The molecule has 1 aliphatic carbocycles. The van der Waals surface area contributed by atoms with E-state index in [1.54, 1.807) is 12.1 Å². The fourth-order valence-corrected chi connectivity index (χ4v) is 6.45. The Balaban J connectivity index is 1.23. The molecule has 2 atom stereocenters. The van der Waals surface area contributed by atoms with E-state index in [2.05, 4.69) is 15.5 Å². The fourth-order valence-electron chi connectivity index (χ4n) is 5.40. The van der Waals surface area contributed by atoms with Crippen LogP contribution in [-0.2, 0) is 14.4 Å². The van der Waals surface area contributed by atoms with Crippen LogP contribution in [0.5, 0.6) is 5.75 Å². The van der Waals surface area contributed by atoms with Crippen molar-refractivity contribution < 1.29 is 22.9 Å². The Bertz CT molecular complexity index is 1290. The van der Waals surface area contributed by atoms with Crippen molar-refractivity contribution in [2.75, 3.05) is 39.2 Å². The topological polar surface area (TPSA) is 67.9 Å². The molecule has 10 heteroatoms. The van der Waals surface area contributed by atoms with Crippen molar-refractivity contribution in [1.29, 1.82) is 0 Å². The summed E-state index contributed by atoms with van der Waals surface area (Å²) in [6.45, 7) is 3.75. The summed E-state index contributed by atoms with van der Waals surface area (Å²) in [5, 5.41) is 1.27. The summed E-state index contributed by atoms with van der Waals surface area (Å²) in [6.07, 6.45) is 5.16. The second-order valence-corrected chi connectivity index (χ2v) is 13.9. The number of nitrogens with one attached hydrogen (secondary N) is 1. The van der Waals surface area contributed by atoms with Crippen LogP contribution in [0.1, 0.15) is 59.1 Å². The Labute approximate surface area is 233 Å². The van der Waals surface area contributed by atoms with Crippen LogP contribution in [0.4, 0.5) is 4.39 Å². The highest BCUT2D eigenvalue weighted by atomic mass is 35.5. The van der Waals surface area contributed by atoms with Crippen LogP contribution in [0.25, 0.3) is 0 Å². The van der Waals surface area contributed by atoms with Crippen molar-refractivity contribution in [3.05, 3.63) is 62.9 Å². The molecule has 1 unspecified atom stereocenters. The molecule has 0 spiro atoms. The second-order valence-electron chi connectivity index (χ2n) is 10.8. The van der Waals surface area contributed by atoms with E-state index < -0.39 is 21.4 Å². The number of carbonyl (C=O) groups is 1. The maximum atomic E-state index is 14.9. The van der Waals surface area contributed by atoms with Gasteiger partial charge >= 0.3 is 0 Å². The first kappa shape index (κ1) is 27.7. The lowest BCUT2D eigenvalue weighted by molar-refractivity contribution is -0.0816. The maximum Gasteiger partial charge on any atom is 0.265 e. The first-order valence-corrected chi connectivity index (χ1v) is 15.8. The quantitative estimate of drug-likeness (QED) is 0.396. The molecular weight excluding hydrogens is 550 g/mol. The molecule has 2 heterocycles. The number of carbonyl (C=O) groups excluding carboxylic acids is 1. The zero-order valence-electron chi connectivity index (χ0n) is 21.4. The van der Waals surface area contributed by atoms with Crippen LogP contribution in [0.3, 0.4) is 0 Å². The van der Waals surface area contributed by atoms with Crippen LogP contribution in [-0.4, -0.2) is 60.1 Å². The largest absolute Gasteiger partial charge is 0.493 e. The lowest BCUT2D eigenvalue weighted by Gasteiger charge is -2.44. The minimum atomic E-state index is -2.80. The summed E-state index contributed by atoms with van der Waals surface area (Å²) >= 11 is 12.6. The molecule has 0 radical (unpaired) electrons. The molecule has 1 N–H and O–H groups in total. The SMILES string of the molecule is C=S(C)(=O)NC(=O)c1cc(C2CC2)c(OCC2CCN([C@H](c3cc(Cl)cc(Cl)c3)C3COC3)CC2)cc1F. The predicted octanol–water partition coefficient (Wildman–Crippen LogP) is 5.48. The molecule has 1 amide bonds. The lowest BCUT2D eigenvalue weighted by Crippen LogP contribution is -2.46. The van der Waals surface area contributed by atoms with E-state index in [0.29, 0.717) is 34.2 Å². The average Bonchev–Trinajstić information content (AvgIpc) is 3.64. The van der Waals surface area contributed by atoms with E-state index in [4.69, 9.17) is 32.7 Å². The third kappa shape index (κ3) is 6.65. The molecule has 3 aliphatic rings. The van der Waals surface area contributed by atoms with Gasteiger partial charge in [0.2, 0.25) is 0 Å². The molecule has 38 heavy (non-hydrogen) atoms. The highest BCUT2D eigenvalue weighted by molar-refractivity contribution is 7.98. The number of hydrogen-bond acceptors (Lipinski definition) is 5. The summed E-state index contributed by atoms with van der Waals surface area (Å²) in [6, 6.07) is 8.80. The van der Waals surface area contributed by atoms with Gasteiger partial charge in [-0.25, -0.2) is 8.60 Å². The highest BCUT2D eigenvalue weighted by Crippen LogP contribution is 2.45. The van der Waals surface area contributed by atoms with Gasteiger partial charge in [0.1, 0.15) is 11.6 Å². The van der Waals surface area contributed by atoms with Crippen LogP contribution in [0.15, 0.2) is 30.3 Å². The molecule has 6 nitrogen and oxygen atoms in total. The average molecular weight is 584 g/mol. The number of ether oxygens (including phenoxy) is 2. The number of likely N-dealkylation sites (tertiary alicyclic amines) is 1. The summed E-state index contributed by atoms with van der Waals surface area (Å²) in [7, 11) is -2.80. The van der Waals surface area contributed by atoms with Crippen molar-refractivity contribution in [3.8, 4) is 5.75 Å². The smallest absolute Gasteiger partial charge is 0.265 e. The summed E-state index contributed by atoms with van der Waals surface area (Å²) in [4.78, 5) is 14.9. The standard InChI is InChI=1S/C28H33Cl2FN2O4S/c1-38(2,35)32-28(34)24-12-23(18-3-4-18)26(13-25(24)31)37-14-17-5-7-33(8-6-17)27(20-15-36-16-20)19-9-21(29)11-22(30)10-19/h9-13,17-18,20,27H,1,3-8,14-16H2,2H3,(H,32,34,35)/t27-,38?/m1/s1. The molecule has 206 valence electrons. The molecule has 0 bridgehead atoms. The molecule has 0 aromatic heterocycles. The molecule has 3 fully saturated rings. The van der Waals surface area contributed by atoms with E-state index >= 15 is 0 Å². The third-order valence-electron chi connectivity index (χ3n) is 7.52.